The van der Waals surface area contributed by atoms with E-state index in [0.717, 1.165) is 43.6 Å². The summed E-state index contributed by atoms with van der Waals surface area (Å²) in [6, 6.07) is 8.35. The highest BCUT2D eigenvalue weighted by atomic mass is 16.3. The van der Waals surface area contributed by atoms with Gasteiger partial charge in [-0.1, -0.05) is 47.9 Å². The van der Waals surface area contributed by atoms with Crippen LogP contribution in [-0.2, 0) is 10.2 Å². The van der Waals surface area contributed by atoms with E-state index in [1.54, 1.807) is 11.1 Å². The Bertz CT molecular complexity index is 787. The lowest BCUT2D eigenvalue weighted by Gasteiger charge is -2.39. The van der Waals surface area contributed by atoms with E-state index >= 15 is 0 Å². The van der Waals surface area contributed by atoms with E-state index in [-0.39, 0.29) is 0 Å². The zero-order valence-corrected chi connectivity index (χ0v) is 17.3. The Labute approximate surface area is 164 Å². The minimum Gasteiger partial charge on any atom is -0.390 e. The van der Waals surface area contributed by atoms with Crippen molar-refractivity contribution < 1.29 is 9.90 Å². The number of aliphatic hydroxyl groups is 1. The molecule has 0 amide bonds. The molecule has 3 aliphatic rings. The van der Waals surface area contributed by atoms with Gasteiger partial charge in [0.25, 0.3) is 0 Å². The van der Waals surface area contributed by atoms with Crippen molar-refractivity contribution in [3.8, 4) is 0 Å². The van der Waals surface area contributed by atoms with Crippen LogP contribution >= 0.6 is 0 Å². The van der Waals surface area contributed by atoms with Gasteiger partial charge in [-0.3, -0.25) is 4.79 Å². The van der Waals surface area contributed by atoms with Gasteiger partial charge in [0, 0.05) is 11.8 Å². The Kier molecular flexibility index (Phi) is 4.62. The summed E-state index contributed by atoms with van der Waals surface area (Å²) in [5.41, 5.74) is 4.72. The van der Waals surface area contributed by atoms with Crippen molar-refractivity contribution in [1.82, 2.24) is 0 Å². The van der Waals surface area contributed by atoms with Crippen LogP contribution in [0.3, 0.4) is 0 Å². The van der Waals surface area contributed by atoms with Crippen LogP contribution in [0.2, 0.25) is 0 Å². The number of carbonyl (C=O) groups excluding carboxylic acids is 1. The quantitative estimate of drug-likeness (QED) is 0.674. The van der Waals surface area contributed by atoms with Gasteiger partial charge < -0.3 is 5.11 Å². The maximum absolute atomic E-state index is 13.0. The van der Waals surface area contributed by atoms with Gasteiger partial charge in [-0.25, -0.2) is 0 Å². The number of aryl methyl sites for hydroxylation is 1. The van der Waals surface area contributed by atoms with Gasteiger partial charge >= 0.3 is 0 Å². The molecule has 0 spiro atoms. The Hall–Kier alpha value is -1.41. The second kappa shape index (κ2) is 6.58. The van der Waals surface area contributed by atoms with E-state index < -0.39 is 11.0 Å². The predicted molar refractivity (Wildman–Crippen MR) is 110 cm³/mol. The zero-order valence-electron chi connectivity index (χ0n) is 17.3. The van der Waals surface area contributed by atoms with Crippen LogP contribution in [0.15, 0.2) is 35.4 Å². The molecule has 4 atom stereocenters. The van der Waals surface area contributed by atoms with Crippen LogP contribution in [0.4, 0.5) is 0 Å². The van der Waals surface area contributed by atoms with Crippen LogP contribution in [-0.4, -0.2) is 16.5 Å². The molecule has 4 rings (SSSR count). The third kappa shape index (κ3) is 3.31. The first-order valence-corrected chi connectivity index (χ1v) is 10.7. The van der Waals surface area contributed by atoms with Gasteiger partial charge in [0.05, 0.1) is 5.60 Å². The largest absolute Gasteiger partial charge is 0.390 e. The third-order valence-electron chi connectivity index (χ3n) is 7.72. The summed E-state index contributed by atoms with van der Waals surface area (Å²) in [6.07, 6.45) is 6.74. The van der Waals surface area contributed by atoms with Gasteiger partial charge in [0.1, 0.15) is 5.78 Å². The number of fused-ring (bicyclic) bond motifs is 1. The average Bonchev–Trinajstić information content (AvgIpc) is 2.80. The van der Waals surface area contributed by atoms with Crippen molar-refractivity contribution in [3.63, 3.8) is 0 Å². The van der Waals surface area contributed by atoms with Crippen molar-refractivity contribution in [2.75, 3.05) is 0 Å². The number of allylic oxidation sites excluding steroid dienone is 2. The highest BCUT2D eigenvalue weighted by Crippen LogP contribution is 2.60. The molecule has 27 heavy (non-hydrogen) atoms. The monoisotopic (exact) mass is 366 g/mol. The minimum absolute atomic E-state index is 0.339. The zero-order chi connectivity index (χ0) is 19.4. The molecule has 0 radical (unpaired) electrons. The van der Waals surface area contributed by atoms with Gasteiger partial charge in [-0.15, -0.1) is 0 Å². The molecule has 1 aromatic carbocycles. The fourth-order valence-corrected chi connectivity index (χ4v) is 6.08. The molecule has 2 nitrogen and oxygen atoms in total. The first-order valence-electron chi connectivity index (χ1n) is 10.7. The molecular weight excluding hydrogens is 332 g/mol. The van der Waals surface area contributed by atoms with Crippen LogP contribution in [0.5, 0.6) is 0 Å². The summed E-state index contributed by atoms with van der Waals surface area (Å²) in [7, 11) is 0. The fraction of sp³-hybridized carbons (Fsp3) is 0.640. The lowest BCUT2D eigenvalue weighted by atomic mass is 9.66. The Balaban J connectivity index is 1.40. The van der Waals surface area contributed by atoms with E-state index in [1.807, 2.05) is 6.07 Å². The van der Waals surface area contributed by atoms with Crippen LogP contribution in [0, 0.1) is 24.7 Å². The number of hydrogen-bond acceptors (Lipinski definition) is 2. The van der Waals surface area contributed by atoms with Crippen molar-refractivity contribution in [1.29, 1.82) is 0 Å². The molecule has 0 aliphatic heterocycles. The van der Waals surface area contributed by atoms with Crippen molar-refractivity contribution in [2.24, 2.45) is 17.8 Å². The van der Waals surface area contributed by atoms with E-state index in [0.29, 0.717) is 24.0 Å². The SMILES string of the molecule is Cc1cccc(C(C)(C)C(=O)CCCC2=C3CC4CC(O)(CC2C)CC34)c1. The Morgan fingerprint density at radius 3 is 2.78 bits per heavy atom. The smallest absolute Gasteiger partial charge is 0.142 e. The Morgan fingerprint density at radius 2 is 2.04 bits per heavy atom. The summed E-state index contributed by atoms with van der Waals surface area (Å²) in [5.74, 6) is 2.19. The lowest BCUT2D eigenvalue weighted by molar-refractivity contribution is -0.123. The number of rotatable bonds is 6. The third-order valence-corrected chi connectivity index (χ3v) is 7.72. The molecule has 2 fully saturated rings. The molecule has 2 saturated carbocycles. The summed E-state index contributed by atoms with van der Waals surface area (Å²) in [6.45, 7) is 8.49. The van der Waals surface area contributed by atoms with E-state index in [9.17, 15) is 9.90 Å². The molecule has 146 valence electrons. The summed E-state index contributed by atoms with van der Waals surface area (Å²) in [5, 5.41) is 10.9. The number of hydrogen-bond donors (Lipinski definition) is 1. The van der Waals surface area contributed by atoms with Crippen molar-refractivity contribution >= 4 is 5.78 Å². The van der Waals surface area contributed by atoms with Gasteiger partial charge in [-0.05, 0) is 82.6 Å². The second-order valence-electron chi connectivity index (χ2n) is 10.1. The molecule has 1 aromatic rings. The minimum atomic E-state index is -0.422. The van der Waals surface area contributed by atoms with Gasteiger partial charge in [0.15, 0.2) is 0 Å². The highest BCUT2D eigenvalue weighted by Gasteiger charge is 2.54. The second-order valence-corrected chi connectivity index (χ2v) is 10.1. The summed E-state index contributed by atoms with van der Waals surface area (Å²) < 4.78 is 0. The van der Waals surface area contributed by atoms with E-state index in [2.05, 4.69) is 45.9 Å². The van der Waals surface area contributed by atoms with E-state index in [4.69, 9.17) is 0 Å². The molecular formula is C25H34O2. The van der Waals surface area contributed by atoms with Crippen LogP contribution < -0.4 is 0 Å². The van der Waals surface area contributed by atoms with Gasteiger partial charge in [0.2, 0.25) is 0 Å². The molecule has 4 unspecified atom stereocenters. The molecule has 0 aromatic heterocycles. The maximum atomic E-state index is 13.0. The standard InChI is InChI=1S/C25H34O2/c1-16-7-5-8-19(11-16)24(3,4)23(26)10-6-9-20-17(2)13-25(27)14-18-12-21(20)22(18)15-25/h5,7-8,11,17-18,22,27H,6,9-10,12-15H2,1-4H3. The van der Waals surface area contributed by atoms with Crippen LogP contribution in [0.25, 0.3) is 0 Å². The van der Waals surface area contributed by atoms with Gasteiger partial charge in [-0.2, -0.15) is 0 Å². The maximum Gasteiger partial charge on any atom is 0.142 e. The average molecular weight is 367 g/mol. The Morgan fingerprint density at radius 1 is 1.26 bits per heavy atom. The number of Topliss-reactive ketones (excluding diaryl/α,β-unsaturated/α-hetero) is 1. The first-order chi connectivity index (χ1) is 12.7. The molecule has 2 heteroatoms. The van der Waals surface area contributed by atoms with Crippen molar-refractivity contribution in [3.05, 3.63) is 46.5 Å². The summed E-state index contributed by atoms with van der Waals surface area (Å²) in [4.78, 5) is 13.0. The molecule has 0 heterocycles. The first kappa shape index (κ1) is 18.9. The summed E-state index contributed by atoms with van der Waals surface area (Å²) >= 11 is 0. The molecule has 1 N–H and O–H groups in total. The predicted octanol–water partition coefficient (Wildman–Crippen LogP) is 5.51. The molecule has 2 bridgehead atoms. The molecule has 3 aliphatic carbocycles. The van der Waals surface area contributed by atoms with Crippen molar-refractivity contribution in [2.45, 2.75) is 83.7 Å². The highest BCUT2D eigenvalue weighted by molar-refractivity contribution is 5.89. The lowest BCUT2D eigenvalue weighted by Crippen LogP contribution is -2.31. The van der Waals surface area contributed by atoms with Crippen LogP contribution in [0.1, 0.15) is 76.8 Å². The van der Waals surface area contributed by atoms with E-state index in [1.165, 1.54) is 12.0 Å². The topological polar surface area (TPSA) is 37.3 Å². The number of ketones is 1. The molecule has 0 saturated heterocycles. The normalized spacial score (nSPS) is 32.3. The fourth-order valence-electron chi connectivity index (χ4n) is 6.08. The number of carbonyl (C=O) groups is 1. The number of benzene rings is 1.